The van der Waals surface area contributed by atoms with E-state index >= 15 is 0 Å². The Morgan fingerprint density at radius 2 is 2.19 bits per heavy atom. The first-order valence-corrected chi connectivity index (χ1v) is 9.17. The Hall–Kier alpha value is -2.48. The SMILES string of the molecule is CCOc1cc(NC(=NCC(=O)N(C)C)NCC2CCOC2)ccc1OC. The highest BCUT2D eigenvalue weighted by Crippen LogP contribution is 2.30. The summed E-state index contributed by atoms with van der Waals surface area (Å²) in [6, 6.07) is 5.57. The van der Waals surface area contributed by atoms with Gasteiger partial charge in [-0.25, -0.2) is 4.99 Å². The Balaban J connectivity index is 2.10. The molecule has 8 nitrogen and oxygen atoms in total. The first-order valence-electron chi connectivity index (χ1n) is 9.17. The number of amides is 1. The smallest absolute Gasteiger partial charge is 0.243 e. The molecule has 1 aromatic carbocycles. The highest BCUT2D eigenvalue weighted by Gasteiger charge is 2.16. The van der Waals surface area contributed by atoms with Gasteiger partial charge in [-0.2, -0.15) is 0 Å². The van der Waals surface area contributed by atoms with E-state index in [1.165, 1.54) is 4.90 Å². The van der Waals surface area contributed by atoms with Crippen LogP contribution in [0.4, 0.5) is 5.69 Å². The lowest BCUT2D eigenvalue weighted by atomic mass is 10.1. The van der Waals surface area contributed by atoms with E-state index in [-0.39, 0.29) is 12.5 Å². The number of aliphatic imine (C=N–C) groups is 1. The molecule has 0 aromatic heterocycles. The Kier molecular flexibility index (Phi) is 8.19. The van der Waals surface area contributed by atoms with E-state index in [0.29, 0.717) is 30.0 Å². The number of benzene rings is 1. The quantitative estimate of drug-likeness (QED) is 0.528. The first kappa shape index (κ1) is 20.8. The van der Waals surface area contributed by atoms with Gasteiger partial charge >= 0.3 is 0 Å². The van der Waals surface area contributed by atoms with Crippen LogP contribution in [0.5, 0.6) is 11.5 Å². The minimum absolute atomic E-state index is 0.0648. The van der Waals surface area contributed by atoms with Gasteiger partial charge in [0.15, 0.2) is 17.5 Å². The van der Waals surface area contributed by atoms with Crippen molar-refractivity contribution in [1.29, 1.82) is 0 Å². The highest BCUT2D eigenvalue weighted by molar-refractivity contribution is 5.95. The molecule has 2 rings (SSSR count). The maximum absolute atomic E-state index is 11.9. The molecule has 0 saturated carbocycles. The predicted octanol–water partition coefficient (Wildman–Crippen LogP) is 1.58. The molecular weight excluding hydrogens is 348 g/mol. The molecule has 8 heteroatoms. The molecule has 1 saturated heterocycles. The number of ether oxygens (including phenoxy) is 3. The number of hydrogen-bond acceptors (Lipinski definition) is 5. The summed E-state index contributed by atoms with van der Waals surface area (Å²) in [5.74, 6) is 2.24. The maximum Gasteiger partial charge on any atom is 0.243 e. The fraction of sp³-hybridized carbons (Fsp3) is 0.579. The Morgan fingerprint density at radius 3 is 2.81 bits per heavy atom. The van der Waals surface area contributed by atoms with Gasteiger partial charge in [-0.05, 0) is 25.5 Å². The number of nitrogens with zero attached hydrogens (tertiary/aromatic N) is 2. The second kappa shape index (κ2) is 10.6. The number of methoxy groups -OCH3 is 1. The number of likely N-dealkylation sites (N-methyl/N-ethyl adjacent to an activating group) is 1. The Labute approximate surface area is 160 Å². The third-order valence-corrected chi connectivity index (χ3v) is 4.18. The zero-order chi connectivity index (χ0) is 19.6. The topological polar surface area (TPSA) is 84.4 Å². The number of rotatable bonds is 8. The van der Waals surface area contributed by atoms with Crippen molar-refractivity contribution in [2.75, 3.05) is 59.4 Å². The number of guanidine groups is 1. The zero-order valence-corrected chi connectivity index (χ0v) is 16.6. The third kappa shape index (κ3) is 6.63. The lowest BCUT2D eigenvalue weighted by molar-refractivity contribution is -0.127. The van der Waals surface area contributed by atoms with Gasteiger partial charge in [-0.3, -0.25) is 4.79 Å². The molecule has 1 heterocycles. The van der Waals surface area contributed by atoms with Crippen LogP contribution in [0.25, 0.3) is 0 Å². The number of carbonyl (C=O) groups is 1. The molecule has 150 valence electrons. The van der Waals surface area contributed by atoms with Gasteiger partial charge in [0.05, 0.1) is 20.3 Å². The minimum Gasteiger partial charge on any atom is -0.493 e. The standard InChI is InChI=1S/C19H30N4O4/c1-5-27-17-10-15(6-7-16(17)25-4)22-19(21-12-18(24)23(2)3)20-11-14-8-9-26-13-14/h6-7,10,14H,5,8-9,11-13H2,1-4H3,(H2,20,21,22). The third-order valence-electron chi connectivity index (χ3n) is 4.18. The largest absolute Gasteiger partial charge is 0.493 e. The normalized spacial score (nSPS) is 16.7. The number of nitrogens with one attached hydrogen (secondary N) is 2. The number of anilines is 1. The lowest BCUT2D eigenvalue weighted by Crippen LogP contribution is -2.36. The van der Waals surface area contributed by atoms with Gasteiger partial charge in [0, 0.05) is 44.9 Å². The molecule has 1 atom stereocenters. The van der Waals surface area contributed by atoms with Crippen molar-refractivity contribution in [3.8, 4) is 11.5 Å². The Morgan fingerprint density at radius 1 is 1.37 bits per heavy atom. The van der Waals surface area contributed by atoms with E-state index in [1.54, 1.807) is 21.2 Å². The van der Waals surface area contributed by atoms with Crippen LogP contribution in [0.15, 0.2) is 23.2 Å². The molecule has 2 N–H and O–H groups in total. The van der Waals surface area contributed by atoms with Gasteiger partial charge in [0.1, 0.15) is 6.54 Å². The van der Waals surface area contributed by atoms with Gasteiger partial charge < -0.3 is 29.7 Å². The zero-order valence-electron chi connectivity index (χ0n) is 16.6. The molecule has 1 aliphatic rings. The molecule has 0 radical (unpaired) electrons. The average molecular weight is 378 g/mol. The van der Waals surface area contributed by atoms with Gasteiger partial charge in [-0.1, -0.05) is 0 Å². The van der Waals surface area contributed by atoms with Gasteiger partial charge in [0.2, 0.25) is 5.91 Å². The summed E-state index contributed by atoms with van der Waals surface area (Å²) in [4.78, 5) is 17.8. The van der Waals surface area contributed by atoms with Crippen LogP contribution in [-0.4, -0.2) is 70.9 Å². The molecule has 1 aromatic rings. The average Bonchev–Trinajstić information content (AvgIpc) is 3.17. The lowest BCUT2D eigenvalue weighted by Gasteiger charge is -2.17. The van der Waals surface area contributed by atoms with Crippen molar-refractivity contribution in [3.63, 3.8) is 0 Å². The van der Waals surface area contributed by atoms with Crippen LogP contribution in [0, 0.1) is 5.92 Å². The summed E-state index contributed by atoms with van der Waals surface area (Å²) in [7, 11) is 5.04. The number of hydrogen-bond donors (Lipinski definition) is 2. The fourth-order valence-electron chi connectivity index (χ4n) is 2.57. The van der Waals surface area contributed by atoms with E-state index in [2.05, 4.69) is 15.6 Å². The Bertz CT molecular complexity index is 643. The van der Waals surface area contributed by atoms with E-state index < -0.39 is 0 Å². The van der Waals surface area contributed by atoms with E-state index in [4.69, 9.17) is 14.2 Å². The monoisotopic (exact) mass is 378 g/mol. The van der Waals surface area contributed by atoms with Crippen LogP contribution in [0.3, 0.4) is 0 Å². The van der Waals surface area contributed by atoms with Crippen molar-refractivity contribution in [3.05, 3.63) is 18.2 Å². The minimum atomic E-state index is -0.0648. The first-order chi connectivity index (χ1) is 13.0. The maximum atomic E-state index is 11.9. The van der Waals surface area contributed by atoms with Crippen molar-refractivity contribution < 1.29 is 19.0 Å². The predicted molar refractivity (Wildman–Crippen MR) is 106 cm³/mol. The van der Waals surface area contributed by atoms with E-state index in [1.807, 2.05) is 25.1 Å². The van der Waals surface area contributed by atoms with Crippen molar-refractivity contribution >= 4 is 17.6 Å². The second-order valence-electron chi connectivity index (χ2n) is 6.49. The van der Waals surface area contributed by atoms with Crippen LogP contribution in [-0.2, 0) is 9.53 Å². The molecule has 1 aliphatic heterocycles. The van der Waals surface area contributed by atoms with Crippen LogP contribution in [0.1, 0.15) is 13.3 Å². The molecule has 1 unspecified atom stereocenters. The summed E-state index contributed by atoms with van der Waals surface area (Å²) in [6.07, 6.45) is 1.02. The van der Waals surface area contributed by atoms with Crippen molar-refractivity contribution in [2.45, 2.75) is 13.3 Å². The van der Waals surface area contributed by atoms with Crippen LogP contribution < -0.4 is 20.1 Å². The molecular formula is C19H30N4O4. The summed E-state index contributed by atoms with van der Waals surface area (Å²) < 4.78 is 16.3. The van der Waals surface area contributed by atoms with Crippen molar-refractivity contribution in [2.24, 2.45) is 10.9 Å². The van der Waals surface area contributed by atoms with E-state index in [9.17, 15) is 4.79 Å². The van der Waals surface area contributed by atoms with Gasteiger partial charge in [-0.15, -0.1) is 0 Å². The van der Waals surface area contributed by atoms with Crippen LogP contribution >= 0.6 is 0 Å². The molecule has 0 spiro atoms. The summed E-state index contributed by atoms with van der Waals surface area (Å²) in [5, 5.41) is 6.54. The molecule has 0 bridgehead atoms. The fourth-order valence-corrected chi connectivity index (χ4v) is 2.57. The second-order valence-corrected chi connectivity index (χ2v) is 6.49. The number of carbonyl (C=O) groups excluding carboxylic acids is 1. The molecule has 1 fully saturated rings. The van der Waals surface area contributed by atoms with E-state index in [0.717, 1.165) is 31.9 Å². The van der Waals surface area contributed by atoms with Gasteiger partial charge in [0.25, 0.3) is 0 Å². The highest BCUT2D eigenvalue weighted by atomic mass is 16.5. The molecule has 27 heavy (non-hydrogen) atoms. The van der Waals surface area contributed by atoms with Crippen molar-refractivity contribution in [1.82, 2.24) is 10.2 Å². The molecule has 0 aliphatic carbocycles. The summed E-state index contributed by atoms with van der Waals surface area (Å²) in [6.45, 7) is 4.80. The summed E-state index contributed by atoms with van der Waals surface area (Å²) in [5.41, 5.74) is 0.797. The molecule has 1 amide bonds. The van der Waals surface area contributed by atoms with Crippen LogP contribution in [0.2, 0.25) is 0 Å². The summed E-state index contributed by atoms with van der Waals surface area (Å²) >= 11 is 0.